The molecule has 0 unspecified atom stereocenters. The summed E-state index contributed by atoms with van der Waals surface area (Å²) in [6.45, 7) is 2.30. The summed E-state index contributed by atoms with van der Waals surface area (Å²) in [6, 6.07) is 9.09. The highest BCUT2D eigenvalue weighted by Crippen LogP contribution is 2.37. The van der Waals surface area contributed by atoms with Crippen molar-refractivity contribution in [3.05, 3.63) is 38.8 Å². The second-order valence-electron chi connectivity index (χ2n) is 6.31. The molecule has 1 aliphatic carbocycles. The van der Waals surface area contributed by atoms with Gasteiger partial charge in [0.05, 0.1) is 3.39 Å². The highest BCUT2D eigenvalue weighted by molar-refractivity contribution is 9.28. The minimum Gasteiger partial charge on any atom is -0.0654 e. The number of rotatable bonds is 6. The monoisotopic (exact) mass is 412 g/mol. The molecule has 2 heteroatoms. The Morgan fingerprint density at radius 2 is 1.71 bits per heavy atom. The molecular formula is C19H26Br2. The first-order valence-corrected chi connectivity index (χ1v) is 9.90. The fraction of sp³-hybridized carbons (Fsp3) is 0.579. The molecule has 0 spiro atoms. The molecule has 1 saturated carbocycles. The van der Waals surface area contributed by atoms with Crippen molar-refractivity contribution in [2.75, 3.05) is 0 Å². The van der Waals surface area contributed by atoms with Gasteiger partial charge in [-0.25, -0.2) is 0 Å². The van der Waals surface area contributed by atoms with Crippen LogP contribution in [0.15, 0.2) is 27.7 Å². The molecule has 0 aromatic heterocycles. The fourth-order valence-electron chi connectivity index (χ4n) is 3.46. The van der Waals surface area contributed by atoms with Gasteiger partial charge < -0.3 is 0 Å². The number of hydrogen-bond donors (Lipinski definition) is 0. The highest BCUT2D eigenvalue weighted by atomic mass is 79.9. The van der Waals surface area contributed by atoms with Gasteiger partial charge in [-0.05, 0) is 86.6 Å². The summed E-state index contributed by atoms with van der Waals surface area (Å²) >= 11 is 6.83. The average Bonchev–Trinajstić information content (AvgIpc) is 2.49. The van der Waals surface area contributed by atoms with Crippen LogP contribution in [0, 0.1) is 5.92 Å². The van der Waals surface area contributed by atoms with Gasteiger partial charge in [0.2, 0.25) is 0 Å². The van der Waals surface area contributed by atoms with Crippen LogP contribution in [0.4, 0.5) is 0 Å². The summed E-state index contributed by atoms with van der Waals surface area (Å²) in [6.07, 6.45) is 13.4. The van der Waals surface area contributed by atoms with Gasteiger partial charge >= 0.3 is 0 Å². The van der Waals surface area contributed by atoms with Gasteiger partial charge in [-0.1, -0.05) is 56.9 Å². The molecule has 1 aliphatic rings. The molecule has 0 radical (unpaired) electrons. The quantitative estimate of drug-likeness (QED) is 0.420. The van der Waals surface area contributed by atoms with E-state index in [-0.39, 0.29) is 0 Å². The molecule has 1 aromatic carbocycles. The van der Waals surface area contributed by atoms with Crippen molar-refractivity contribution in [1.29, 1.82) is 0 Å². The van der Waals surface area contributed by atoms with E-state index in [9.17, 15) is 0 Å². The van der Waals surface area contributed by atoms with Crippen LogP contribution in [0.2, 0.25) is 0 Å². The fourth-order valence-corrected chi connectivity index (χ4v) is 3.99. The van der Waals surface area contributed by atoms with Gasteiger partial charge in [-0.15, -0.1) is 0 Å². The average molecular weight is 414 g/mol. The van der Waals surface area contributed by atoms with Gasteiger partial charge in [0.25, 0.3) is 0 Å². The maximum atomic E-state index is 3.42. The predicted molar refractivity (Wildman–Crippen MR) is 101 cm³/mol. The zero-order valence-corrected chi connectivity index (χ0v) is 16.1. The largest absolute Gasteiger partial charge is 0.0654 e. The lowest BCUT2D eigenvalue weighted by molar-refractivity contribution is 0.303. The number of halogens is 2. The Kier molecular flexibility index (Phi) is 7.53. The molecule has 2 rings (SSSR count). The Hall–Kier alpha value is -0.0800. The third-order valence-corrected chi connectivity index (χ3v) is 5.20. The Morgan fingerprint density at radius 1 is 1.05 bits per heavy atom. The second kappa shape index (κ2) is 9.15. The molecule has 0 bridgehead atoms. The van der Waals surface area contributed by atoms with Crippen LogP contribution in [-0.4, -0.2) is 0 Å². The molecule has 0 nitrogen and oxygen atoms in total. The van der Waals surface area contributed by atoms with E-state index in [0.717, 1.165) is 15.2 Å². The van der Waals surface area contributed by atoms with Crippen LogP contribution in [-0.2, 0) is 0 Å². The van der Waals surface area contributed by atoms with E-state index in [1.807, 2.05) is 0 Å². The maximum absolute atomic E-state index is 3.42. The zero-order chi connectivity index (χ0) is 15.1. The SMILES string of the molecule is CCCCCC1CCC(c2ccc(C=C(Br)Br)cc2)CC1. The lowest BCUT2D eigenvalue weighted by Gasteiger charge is -2.29. The van der Waals surface area contributed by atoms with Crippen molar-refractivity contribution in [3.8, 4) is 0 Å². The standard InChI is InChI=1S/C19H26Br2/c1-2-3-4-5-15-6-10-17(11-7-15)18-12-8-16(9-13-18)14-19(20)21/h8-9,12-15,17H,2-7,10-11H2,1H3. The summed E-state index contributed by atoms with van der Waals surface area (Å²) in [5.41, 5.74) is 2.78. The maximum Gasteiger partial charge on any atom is 0.0610 e. The molecule has 0 heterocycles. The second-order valence-corrected chi connectivity index (χ2v) is 9.09. The van der Waals surface area contributed by atoms with Crippen LogP contribution < -0.4 is 0 Å². The van der Waals surface area contributed by atoms with Crippen LogP contribution in [0.3, 0.4) is 0 Å². The van der Waals surface area contributed by atoms with E-state index < -0.39 is 0 Å². The lowest BCUT2D eigenvalue weighted by Crippen LogP contribution is -2.13. The topological polar surface area (TPSA) is 0 Å². The third kappa shape index (κ3) is 5.90. The molecule has 1 fully saturated rings. The van der Waals surface area contributed by atoms with Gasteiger partial charge in [0, 0.05) is 0 Å². The minimum absolute atomic E-state index is 0.790. The van der Waals surface area contributed by atoms with E-state index >= 15 is 0 Å². The predicted octanol–water partition coefficient (Wildman–Crippen LogP) is 7.63. The van der Waals surface area contributed by atoms with Crippen molar-refractivity contribution in [2.24, 2.45) is 5.92 Å². The van der Waals surface area contributed by atoms with Gasteiger partial charge in [0.15, 0.2) is 0 Å². The van der Waals surface area contributed by atoms with Gasteiger partial charge in [-0.2, -0.15) is 0 Å². The molecule has 0 amide bonds. The summed E-state index contributed by atoms with van der Waals surface area (Å²) in [4.78, 5) is 0. The normalized spacial score (nSPS) is 22.0. The van der Waals surface area contributed by atoms with E-state index in [2.05, 4.69) is 69.1 Å². The van der Waals surface area contributed by atoms with Crippen LogP contribution >= 0.6 is 31.9 Å². The number of hydrogen-bond acceptors (Lipinski definition) is 0. The minimum atomic E-state index is 0.790. The van der Waals surface area contributed by atoms with E-state index in [1.54, 1.807) is 0 Å². The molecule has 0 atom stereocenters. The lowest BCUT2D eigenvalue weighted by atomic mass is 9.77. The van der Waals surface area contributed by atoms with Crippen molar-refractivity contribution in [3.63, 3.8) is 0 Å². The first kappa shape index (κ1) is 17.3. The summed E-state index contributed by atoms with van der Waals surface area (Å²) in [7, 11) is 0. The number of benzene rings is 1. The van der Waals surface area contributed by atoms with Crippen molar-refractivity contribution < 1.29 is 0 Å². The molecule has 1 aromatic rings. The molecule has 21 heavy (non-hydrogen) atoms. The molecule has 0 aliphatic heterocycles. The smallest absolute Gasteiger partial charge is 0.0610 e. The summed E-state index contributed by atoms with van der Waals surface area (Å²) in [5.74, 6) is 1.79. The van der Waals surface area contributed by atoms with Gasteiger partial charge in [-0.3, -0.25) is 0 Å². The van der Waals surface area contributed by atoms with Crippen LogP contribution in [0.1, 0.15) is 75.3 Å². The molecule has 0 saturated heterocycles. The van der Waals surface area contributed by atoms with Crippen molar-refractivity contribution in [1.82, 2.24) is 0 Å². The molecule has 116 valence electrons. The third-order valence-electron chi connectivity index (χ3n) is 4.75. The Balaban J connectivity index is 1.83. The van der Waals surface area contributed by atoms with Gasteiger partial charge in [0.1, 0.15) is 0 Å². The summed E-state index contributed by atoms with van der Waals surface area (Å²) < 4.78 is 0.996. The van der Waals surface area contributed by atoms with E-state index in [0.29, 0.717) is 0 Å². The summed E-state index contributed by atoms with van der Waals surface area (Å²) in [5, 5.41) is 0. The number of unbranched alkanes of at least 4 members (excludes halogenated alkanes) is 2. The van der Waals surface area contributed by atoms with Crippen LogP contribution in [0.25, 0.3) is 6.08 Å². The van der Waals surface area contributed by atoms with Crippen LogP contribution in [0.5, 0.6) is 0 Å². The van der Waals surface area contributed by atoms with E-state index in [1.165, 1.54) is 62.5 Å². The van der Waals surface area contributed by atoms with Crippen molar-refractivity contribution in [2.45, 2.75) is 64.2 Å². The zero-order valence-electron chi connectivity index (χ0n) is 13.0. The Morgan fingerprint density at radius 3 is 2.29 bits per heavy atom. The van der Waals surface area contributed by atoms with E-state index in [4.69, 9.17) is 0 Å². The highest BCUT2D eigenvalue weighted by Gasteiger charge is 2.21. The molecule has 0 N–H and O–H groups in total. The first-order chi connectivity index (χ1) is 10.2. The first-order valence-electron chi connectivity index (χ1n) is 8.31. The van der Waals surface area contributed by atoms with Crippen molar-refractivity contribution >= 4 is 37.9 Å². The Bertz CT molecular complexity index is 435. The Labute approximate surface area is 146 Å². The molecular weight excluding hydrogens is 388 g/mol.